The minimum atomic E-state index is -3.69. The molecule has 0 aliphatic carbocycles. The van der Waals surface area contributed by atoms with Gasteiger partial charge in [-0.1, -0.05) is 23.2 Å². The van der Waals surface area contributed by atoms with Crippen LogP contribution in [-0.2, 0) is 10.0 Å². The minimum Gasteiger partial charge on any atom is -0.497 e. The number of hydrogen-bond donors (Lipinski definition) is 1. The van der Waals surface area contributed by atoms with Crippen LogP contribution in [0.1, 0.15) is 0 Å². The number of nitrogens with one attached hydrogen (secondary N) is 1. The normalized spacial score (nSPS) is 15.6. The Morgan fingerprint density at radius 3 is 2.36 bits per heavy atom. The number of halogens is 2. The summed E-state index contributed by atoms with van der Waals surface area (Å²) in [6.07, 6.45) is 0. The average molecular weight is 444 g/mol. The van der Waals surface area contributed by atoms with Gasteiger partial charge in [-0.05, 0) is 42.5 Å². The Hall–Kier alpha value is -1.51. The molecule has 2 aromatic rings. The summed E-state index contributed by atoms with van der Waals surface area (Å²) in [5.41, 5.74) is 1.16. The van der Waals surface area contributed by atoms with E-state index < -0.39 is 10.0 Å². The van der Waals surface area contributed by atoms with E-state index in [2.05, 4.69) is 26.7 Å². The van der Waals surface area contributed by atoms with Gasteiger partial charge in [0.1, 0.15) is 10.6 Å². The van der Waals surface area contributed by atoms with E-state index in [1.165, 1.54) is 12.1 Å². The summed E-state index contributed by atoms with van der Waals surface area (Å²) in [6, 6.07) is 12.4. The highest BCUT2D eigenvalue weighted by atomic mass is 35.5. The fraction of sp³-hybridized carbons (Fsp3) is 0.368. The lowest BCUT2D eigenvalue weighted by Gasteiger charge is -2.36. The molecule has 1 heterocycles. The summed E-state index contributed by atoms with van der Waals surface area (Å²) in [5.74, 6) is 0.842. The van der Waals surface area contributed by atoms with Gasteiger partial charge in [-0.15, -0.1) is 0 Å². The summed E-state index contributed by atoms with van der Waals surface area (Å²) in [7, 11) is -2.03. The van der Waals surface area contributed by atoms with Crippen LogP contribution in [0, 0.1) is 0 Å². The van der Waals surface area contributed by atoms with E-state index in [0.717, 1.165) is 37.6 Å². The number of methoxy groups -OCH3 is 1. The number of benzene rings is 2. The molecule has 152 valence electrons. The third-order valence-corrected chi connectivity index (χ3v) is 6.89. The first kappa shape index (κ1) is 21.2. The summed E-state index contributed by atoms with van der Waals surface area (Å²) >= 11 is 11.9. The number of hydrogen-bond acceptors (Lipinski definition) is 5. The van der Waals surface area contributed by atoms with Crippen molar-refractivity contribution in [2.24, 2.45) is 0 Å². The van der Waals surface area contributed by atoms with Crippen molar-refractivity contribution in [3.8, 4) is 5.75 Å². The predicted molar refractivity (Wildman–Crippen MR) is 113 cm³/mol. The Morgan fingerprint density at radius 1 is 1.04 bits per heavy atom. The third kappa shape index (κ3) is 5.30. The smallest absolute Gasteiger partial charge is 0.242 e. The first-order valence-corrected chi connectivity index (χ1v) is 11.2. The molecule has 9 heteroatoms. The molecule has 0 bridgehead atoms. The van der Waals surface area contributed by atoms with Crippen molar-refractivity contribution < 1.29 is 13.2 Å². The molecule has 28 heavy (non-hydrogen) atoms. The summed E-state index contributed by atoms with van der Waals surface area (Å²) in [4.78, 5) is 4.56. The quantitative estimate of drug-likeness (QED) is 0.711. The second kappa shape index (κ2) is 9.33. The molecule has 1 aliphatic rings. The number of piperazine rings is 1. The molecule has 0 unspecified atom stereocenters. The molecular formula is C19H23Cl2N3O3S. The van der Waals surface area contributed by atoms with Crippen molar-refractivity contribution >= 4 is 38.9 Å². The van der Waals surface area contributed by atoms with Gasteiger partial charge in [0.2, 0.25) is 10.0 Å². The van der Waals surface area contributed by atoms with Gasteiger partial charge in [0.05, 0.1) is 12.1 Å². The zero-order valence-electron chi connectivity index (χ0n) is 15.6. The van der Waals surface area contributed by atoms with E-state index in [1.54, 1.807) is 13.2 Å². The molecule has 0 aromatic heterocycles. The highest BCUT2D eigenvalue weighted by Gasteiger charge is 2.20. The first-order valence-electron chi connectivity index (χ1n) is 8.95. The zero-order valence-corrected chi connectivity index (χ0v) is 17.9. The van der Waals surface area contributed by atoms with Crippen molar-refractivity contribution in [1.29, 1.82) is 0 Å². The molecule has 2 aromatic carbocycles. The zero-order chi connectivity index (χ0) is 20.1. The Labute approximate surface area is 176 Å². The first-order chi connectivity index (χ1) is 13.4. The lowest BCUT2D eigenvalue weighted by Crippen LogP contribution is -2.48. The maximum Gasteiger partial charge on any atom is 0.242 e. The average Bonchev–Trinajstić information content (AvgIpc) is 2.70. The molecule has 0 atom stereocenters. The Bertz CT molecular complexity index is 899. The van der Waals surface area contributed by atoms with E-state index in [0.29, 0.717) is 18.1 Å². The van der Waals surface area contributed by atoms with E-state index >= 15 is 0 Å². The van der Waals surface area contributed by atoms with Crippen LogP contribution < -0.4 is 14.4 Å². The van der Waals surface area contributed by atoms with Crippen LogP contribution in [0.5, 0.6) is 5.75 Å². The van der Waals surface area contributed by atoms with Crippen molar-refractivity contribution in [2.75, 3.05) is 51.3 Å². The van der Waals surface area contributed by atoms with Gasteiger partial charge in [-0.3, -0.25) is 4.90 Å². The second-order valence-corrected chi connectivity index (χ2v) is 9.08. The maximum atomic E-state index is 12.4. The van der Waals surface area contributed by atoms with E-state index in [1.807, 2.05) is 12.1 Å². The highest BCUT2D eigenvalue weighted by Crippen LogP contribution is 2.25. The van der Waals surface area contributed by atoms with Gasteiger partial charge in [0.25, 0.3) is 0 Å². The van der Waals surface area contributed by atoms with Gasteiger partial charge >= 0.3 is 0 Å². The topological polar surface area (TPSA) is 61.9 Å². The lowest BCUT2D eigenvalue weighted by molar-refractivity contribution is 0.262. The van der Waals surface area contributed by atoms with Gasteiger partial charge < -0.3 is 9.64 Å². The van der Waals surface area contributed by atoms with Crippen LogP contribution in [0.2, 0.25) is 10.0 Å². The maximum absolute atomic E-state index is 12.4. The molecule has 1 saturated heterocycles. The fourth-order valence-electron chi connectivity index (χ4n) is 3.12. The Morgan fingerprint density at radius 2 is 1.71 bits per heavy atom. The lowest BCUT2D eigenvalue weighted by atomic mass is 10.2. The third-order valence-electron chi connectivity index (χ3n) is 4.71. The molecule has 1 N–H and O–H groups in total. The molecule has 1 aliphatic heterocycles. The number of anilines is 1. The molecule has 0 amide bonds. The van der Waals surface area contributed by atoms with Crippen LogP contribution >= 0.6 is 23.2 Å². The standard InChI is InChI=1S/C19H23Cl2N3O3S/c1-27-17-5-3-16(4-6-17)24-12-10-23(11-13-24)9-8-22-28(25,26)19-14-15(20)2-7-18(19)21/h2-7,14,22H,8-13H2,1H3. The second-order valence-electron chi connectivity index (χ2n) is 6.50. The van der Waals surface area contributed by atoms with Gasteiger partial charge in [-0.25, -0.2) is 13.1 Å². The predicted octanol–water partition coefficient (Wildman–Crippen LogP) is 3.10. The van der Waals surface area contributed by atoms with Gasteiger partial charge in [-0.2, -0.15) is 0 Å². The van der Waals surface area contributed by atoms with E-state index in [-0.39, 0.29) is 9.92 Å². The number of sulfonamides is 1. The molecular weight excluding hydrogens is 421 g/mol. The van der Waals surface area contributed by atoms with Gasteiger partial charge in [0, 0.05) is 50.0 Å². The molecule has 1 fully saturated rings. The number of nitrogens with zero attached hydrogens (tertiary/aromatic N) is 2. The van der Waals surface area contributed by atoms with Crippen LogP contribution in [0.4, 0.5) is 5.69 Å². The largest absolute Gasteiger partial charge is 0.497 e. The van der Waals surface area contributed by atoms with Crippen molar-refractivity contribution in [3.63, 3.8) is 0 Å². The monoisotopic (exact) mass is 443 g/mol. The van der Waals surface area contributed by atoms with Crippen LogP contribution in [0.15, 0.2) is 47.4 Å². The summed E-state index contributed by atoms with van der Waals surface area (Å²) in [5, 5.41) is 0.490. The molecule has 3 rings (SSSR count). The molecule has 0 spiro atoms. The SMILES string of the molecule is COc1ccc(N2CCN(CCNS(=O)(=O)c3cc(Cl)ccc3Cl)CC2)cc1. The molecule has 6 nitrogen and oxygen atoms in total. The summed E-state index contributed by atoms with van der Waals surface area (Å²) in [6.45, 7) is 4.46. The van der Waals surface area contributed by atoms with Crippen molar-refractivity contribution in [1.82, 2.24) is 9.62 Å². The number of rotatable bonds is 7. The Balaban J connectivity index is 1.48. The van der Waals surface area contributed by atoms with Crippen LogP contribution in [0.25, 0.3) is 0 Å². The van der Waals surface area contributed by atoms with E-state index in [4.69, 9.17) is 27.9 Å². The van der Waals surface area contributed by atoms with Crippen LogP contribution in [-0.4, -0.2) is 59.7 Å². The van der Waals surface area contributed by atoms with Crippen LogP contribution in [0.3, 0.4) is 0 Å². The van der Waals surface area contributed by atoms with Crippen molar-refractivity contribution in [2.45, 2.75) is 4.90 Å². The summed E-state index contributed by atoms with van der Waals surface area (Å²) < 4.78 is 32.7. The highest BCUT2D eigenvalue weighted by molar-refractivity contribution is 7.89. The molecule has 0 saturated carbocycles. The number of ether oxygens (including phenoxy) is 1. The molecule has 0 radical (unpaired) electrons. The minimum absolute atomic E-state index is 0.00555. The Kier molecular flexibility index (Phi) is 7.06. The van der Waals surface area contributed by atoms with Gasteiger partial charge in [0.15, 0.2) is 0 Å². The van der Waals surface area contributed by atoms with E-state index in [9.17, 15) is 8.42 Å². The fourth-order valence-corrected chi connectivity index (χ4v) is 4.90. The van der Waals surface area contributed by atoms with Crippen molar-refractivity contribution in [3.05, 3.63) is 52.5 Å².